The maximum atomic E-state index is 11.6. The van der Waals surface area contributed by atoms with Gasteiger partial charge in [0, 0.05) is 5.25 Å². The first-order chi connectivity index (χ1) is 8.34. The van der Waals surface area contributed by atoms with Crippen molar-refractivity contribution in [3.05, 3.63) is 0 Å². The third-order valence-electron chi connectivity index (χ3n) is 2.99. The highest BCUT2D eigenvalue weighted by molar-refractivity contribution is 8.02. The van der Waals surface area contributed by atoms with Crippen LogP contribution in [0, 0.1) is 5.92 Å². The van der Waals surface area contributed by atoms with E-state index in [0.29, 0.717) is 6.42 Å². The molecule has 5 nitrogen and oxygen atoms in total. The van der Waals surface area contributed by atoms with E-state index in [-0.39, 0.29) is 47.0 Å². The number of hydrogen-bond acceptors (Lipinski definition) is 5. The summed E-state index contributed by atoms with van der Waals surface area (Å²) in [4.78, 5) is 11.6. The van der Waals surface area contributed by atoms with Gasteiger partial charge in [-0.2, -0.15) is 0 Å². The maximum Gasteiger partial charge on any atom is 0.230 e. The smallest absolute Gasteiger partial charge is 0.230 e. The Morgan fingerprint density at radius 2 is 2.17 bits per heavy atom. The van der Waals surface area contributed by atoms with Gasteiger partial charge in [0.05, 0.1) is 29.9 Å². The van der Waals surface area contributed by atoms with E-state index in [1.54, 1.807) is 0 Å². The lowest BCUT2D eigenvalue weighted by Crippen LogP contribution is -2.42. The second-order valence-corrected chi connectivity index (χ2v) is 8.45. The van der Waals surface area contributed by atoms with E-state index >= 15 is 0 Å². The molecule has 1 aliphatic rings. The van der Waals surface area contributed by atoms with Crippen LogP contribution in [0.1, 0.15) is 20.3 Å². The predicted molar refractivity (Wildman–Crippen MR) is 73.4 cm³/mol. The van der Waals surface area contributed by atoms with Gasteiger partial charge in [-0.3, -0.25) is 4.79 Å². The van der Waals surface area contributed by atoms with Crippen LogP contribution in [-0.2, 0) is 14.6 Å². The molecule has 0 aromatic rings. The standard InChI is InChI=1S/C11H21NO4S2/c1-8(2)10(5-13)12-11(14)6-17-9-3-4-18(15,16)7-9/h8-10,13H,3-7H2,1-2H3,(H,12,14). The average Bonchev–Trinajstić information content (AvgIpc) is 2.62. The molecule has 2 atom stereocenters. The van der Waals surface area contributed by atoms with Crippen molar-refractivity contribution in [1.82, 2.24) is 5.32 Å². The number of carbonyl (C=O) groups is 1. The van der Waals surface area contributed by atoms with Gasteiger partial charge in [-0.15, -0.1) is 11.8 Å². The van der Waals surface area contributed by atoms with Crippen LogP contribution >= 0.6 is 11.8 Å². The Morgan fingerprint density at radius 1 is 1.50 bits per heavy atom. The summed E-state index contributed by atoms with van der Waals surface area (Å²) in [7, 11) is -2.88. The van der Waals surface area contributed by atoms with E-state index in [1.807, 2.05) is 13.8 Å². The molecule has 18 heavy (non-hydrogen) atoms. The molecule has 7 heteroatoms. The summed E-state index contributed by atoms with van der Waals surface area (Å²) in [5.74, 6) is 0.701. The Labute approximate surface area is 113 Å². The van der Waals surface area contributed by atoms with Gasteiger partial charge < -0.3 is 10.4 Å². The van der Waals surface area contributed by atoms with E-state index < -0.39 is 9.84 Å². The van der Waals surface area contributed by atoms with Crippen LogP contribution in [0.2, 0.25) is 0 Å². The molecule has 2 unspecified atom stereocenters. The van der Waals surface area contributed by atoms with Gasteiger partial charge >= 0.3 is 0 Å². The van der Waals surface area contributed by atoms with Crippen LogP contribution in [0.25, 0.3) is 0 Å². The van der Waals surface area contributed by atoms with Gasteiger partial charge in [-0.25, -0.2) is 8.42 Å². The number of aliphatic hydroxyl groups excluding tert-OH is 1. The number of rotatable bonds is 6. The van der Waals surface area contributed by atoms with E-state index in [1.165, 1.54) is 11.8 Å². The minimum Gasteiger partial charge on any atom is -0.394 e. The lowest BCUT2D eigenvalue weighted by atomic mass is 10.1. The number of amides is 1. The van der Waals surface area contributed by atoms with Gasteiger partial charge in [0.15, 0.2) is 9.84 Å². The number of sulfone groups is 1. The Morgan fingerprint density at radius 3 is 2.61 bits per heavy atom. The third kappa shape index (κ3) is 5.16. The number of nitrogens with one attached hydrogen (secondary N) is 1. The fourth-order valence-corrected chi connectivity index (χ4v) is 5.21. The number of carbonyl (C=O) groups excluding carboxylic acids is 1. The molecule has 1 aliphatic heterocycles. The van der Waals surface area contributed by atoms with E-state index in [0.717, 1.165) is 0 Å². The summed E-state index contributed by atoms with van der Waals surface area (Å²) in [6.45, 7) is 3.78. The van der Waals surface area contributed by atoms with Crippen LogP contribution in [0.4, 0.5) is 0 Å². The number of thioether (sulfide) groups is 1. The van der Waals surface area contributed by atoms with Crippen molar-refractivity contribution < 1.29 is 18.3 Å². The molecule has 1 saturated heterocycles. The highest BCUT2D eigenvalue weighted by atomic mass is 32.2. The van der Waals surface area contributed by atoms with Crippen molar-refractivity contribution in [2.45, 2.75) is 31.6 Å². The zero-order valence-electron chi connectivity index (χ0n) is 10.8. The van der Waals surface area contributed by atoms with E-state index in [4.69, 9.17) is 5.11 Å². The molecule has 1 amide bonds. The molecule has 0 radical (unpaired) electrons. The van der Waals surface area contributed by atoms with Gasteiger partial charge in [0.1, 0.15) is 0 Å². The lowest BCUT2D eigenvalue weighted by Gasteiger charge is -2.20. The molecule has 0 aromatic carbocycles. The van der Waals surface area contributed by atoms with Crippen molar-refractivity contribution in [2.75, 3.05) is 23.9 Å². The van der Waals surface area contributed by atoms with Gasteiger partial charge in [-0.05, 0) is 12.3 Å². The van der Waals surface area contributed by atoms with Crippen molar-refractivity contribution in [3.8, 4) is 0 Å². The molecule has 1 fully saturated rings. The quantitative estimate of drug-likeness (QED) is 0.723. The first-order valence-corrected chi connectivity index (χ1v) is 8.93. The molecule has 0 spiro atoms. The van der Waals surface area contributed by atoms with Crippen LogP contribution in [0.5, 0.6) is 0 Å². The molecule has 0 aromatic heterocycles. The van der Waals surface area contributed by atoms with Crippen molar-refractivity contribution >= 4 is 27.5 Å². The van der Waals surface area contributed by atoms with Gasteiger partial charge in [0.2, 0.25) is 5.91 Å². The fourth-order valence-electron chi connectivity index (χ4n) is 1.76. The van der Waals surface area contributed by atoms with Crippen molar-refractivity contribution in [2.24, 2.45) is 5.92 Å². The highest BCUT2D eigenvalue weighted by Gasteiger charge is 2.28. The maximum absolute atomic E-state index is 11.6. The Balaban J connectivity index is 2.29. The van der Waals surface area contributed by atoms with E-state index in [2.05, 4.69) is 5.32 Å². The molecule has 106 valence electrons. The minimum absolute atomic E-state index is 0.0346. The van der Waals surface area contributed by atoms with E-state index in [9.17, 15) is 13.2 Å². The van der Waals surface area contributed by atoms with Crippen LogP contribution < -0.4 is 5.32 Å². The lowest BCUT2D eigenvalue weighted by molar-refractivity contribution is -0.119. The zero-order valence-corrected chi connectivity index (χ0v) is 12.4. The van der Waals surface area contributed by atoms with Gasteiger partial charge in [-0.1, -0.05) is 13.8 Å². The van der Waals surface area contributed by atoms with Crippen molar-refractivity contribution in [3.63, 3.8) is 0 Å². The fraction of sp³-hybridized carbons (Fsp3) is 0.909. The summed E-state index contributed by atoms with van der Waals surface area (Å²) < 4.78 is 22.5. The largest absolute Gasteiger partial charge is 0.394 e. The molecule has 0 aliphatic carbocycles. The van der Waals surface area contributed by atoms with Crippen LogP contribution in [0.15, 0.2) is 0 Å². The summed E-state index contributed by atoms with van der Waals surface area (Å²) >= 11 is 1.39. The second kappa shape index (κ2) is 6.77. The third-order valence-corrected chi connectivity index (χ3v) is 6.27. The van der Waals surface area contributed by atoms with Gasteiger partial charge in [0.25, 0.3) is 0 Å². The molecular weight excluding hydrogens is 274 g/mol. The first-order valence-electron chi connectivity index (χ1n) is 6.06. The SMILES string of the molecule is CC(C)C(CO)NC(=O)CSC1CCS(=O)(=O)C1. The second-order valence-electron chi connectivity index (χ2n) is 4.94. The normalized spacial score (nSPS) is 24.1. The Bertz CT molecular complexity index is 381. The average molecular weight is 295 g/mol. The summed E-state index contributed by atoms with van der Waals surface area (Å²) in [6.07, 6.45) is 0.633. The highest BCUT2D eigenvalue weighted by Crippen LogP contribution is 2.24. The summed E-state index contributed by atoms with van der Waals surface area (Å²) in [6, 6.07) is -0.231. The van der Waals surface area contributed by atoms with Crippen molar-refractivity contribution in [1.29, 1.82) is 0 Å². The monoisotopic (exact) mass is 295 g/mol. The predicted octanol–water partition coefficient (Wildman–Crippen LogP) is 0.0398. The summed E-state index contributed by atoms with van der Waals surface area (Å²) in [5.41, 5.74) is 0. The van der Waals surface area contributed by atoms with Crippen LogP contribution in [0.3, 0.4) is 0 Å². The molecular formula is C11H21NO4S2. The molecule has 0 saturated carbocycles. The minimum atomic E-state index is -2.88. The zero-order chi connectivity index (χ0) is 13.8. The Hall–Kier alpha value is -0.270. The molecule has 1 heterocycles. The molecule has 1 rings (SSSR count). The number of aliphatic hydroxyl groups is 1. The summed E-state index contributed by atoms with van der Waals surface area (Å²) in [5, 5.41) is 11.9. The number of hydrogen-bond donors (Lipinski definition) is 2. The topological polar surface area (TPSA) is 83.5 Å². The van der Waals surface area contributed by atoms with Crippen LogP contribution in [-0.4, -0.2) is 54.6 Å². The first kappa shape index (κ1) is 15.8. The molecule has 2 N–H and O–H groups in total. The Kier molecular flexibility index (Phi) is 5.94. The molecule has 0 bridgehead atoms.